The molecule has 0 saturated carbocycles. The first-order valence-corrected chi connectivity index (χ1v) is 8.79. The molecule has 2 aromatic carbocycles. The second-order valence-corrected chi connectivity index (χ2v) is 6.90. The number of fused-ring (bicyclic) bond motifs is 1. The number of rotatable bonds is 4. The van der Waals surface area contributed by atoms with Crippen LogP contribution < -0.4 is 5.56 Å². The molecule has 4 rings (SSSR count). The lowest BCUT2D eigenvalue weighted by atomic mass is 10.1. The molecule has 8 heteroatoms. The molecule has 6 nitrogen and oxygen atoms in total. The predicted molar refractivity (Wildman–Crippen MR) is 104 cm³/mol. The maximum Gasteiger partial charge on any atom is 0.352 e. The zero-order valence-electron chi connectivity index (χ0n) is 13.8. The van der Waals surface area contributed by atoms with Gasteiger partial charge in [0.25, 0.3) is 5.56 Å². The van der Waals surface area contributed by atoms with Gasteiger partial charge < -0.3 is 10.1 Å². The van der Waals surface area contributed by atoms with E-state index >= 15 is 0 Å². The van der Waals surface area contributed by atoms with Gasteiger partial charge in [-0.15, -0.1) is 0 Å². The number of halogens is 2. The van der Waals surface area contributed by atoms with Gasteiger partial charge in [-0.3, -0.25) is 9.89 Å². The topological polar surface area (TPSA) is 90.9 Å². The standard InChI is InChI=1S/C19H13Cl2N3O3/c20-10-6-14(21)17-13(18(19(26)27)22-15(17)7-10)8-11-9-16(25)24(23-11)12-4-2-1-3-5-12/h1-7,9,22-23H,8H2,(H,26,27). The van der Waals surface area contributed by atoms with E-state index in [1.54, 1.807) is 24.3 Å². The SMILES string of the molecule is O=C(O)c1[nH]c2cc(Cl)cc(Cl)c2c1Cc1cc(=O)n(-c2ccccc2)[nH]1. The van der Waals surface area contributed by atoms with E-state index in [2.05, 4.69) is 10.1 Å². The van der Waals surface area contributed by atoms with Gasteiger partial charge in [0.1, 0.15) is 5.69 Å². The molecule has 0 aliphatic carbocycles. The molecule has 0 radical (unpaired) electrons. The van der Waals surface area contributed by atoms with Crippen molar-refractivity contribution in [3.8, 4) is 5.69 Å². The first-order chi connectivity index (χ1) is 12.9. The van der Waals surface area contributed by atoms with E-state index in [0.29, 0.717) is 37.9 Å². The Bertz CT molecular complexity index is 1220. The summed E-state index contributed by atoms with van der Waals surface area (Å²) in [5, 5.41) is 13.9. The van der Waals surface area contributed by atoms with Crippen LogP contribution in [0.15, 0.2) is 53.3 Å². The van der Waals surface area contributed by atoms with Crippen molar-refractivity contribution in [2.45, 2.75) is 6.42 Å². The van der Waals surface area contributed by atoms with E-state index in [0.717, 1.165) is 0 Å². The average molecular weight is 402 g/mol. The Morgan fingerprint density at radius 2 is 1.85 bits per heavy atom. The second kappa shape index (κ2) is 6.64. The number of hydrogen-bond donors (Lipinski definition) is 3. The molecule has 4 aromatic rings. The highest BCUT2D eigenvalue weighted by Gasteiger charge is 2.21. The van der Waals surface area contributed by atoms with Crippen molar-refractivity contribution >= 4 is 40.1 Å². The van der Waals surface area contributed by atoms with E-state index in [9.17, 15) is 14.7 Å². The lowest BCUT2D eigenvalue weighted by Gasteiger charge is -2.04. The van der Waals surface area contributed by atoms with Gasteiger partial charge in [0.2, 0.25) is 0 Å². The van der Waals surface area contributed by atoms with Crippen molar-refractivity contribution < 1.29 is 9.90 Å². The highest BCUT2D eigenvalue weighted by atomic mass is 35.5. The molecule has 2 aromatic heterocycles. The summed E-state index contributed by atoms with van der Waals surface area (Å²) in [6.07, 6.45) is 0.193. The van der Waals surface area contributed by atoms with Crippen LogP contribution in [0.2, 0.25) is 10.0 Å². The molecule has 3 N–H and O–H groups in total. The second-order valence-electron chi connectivity index (χ2n) is 6.06. The number of aromatic amines is 2. The van der Waals surface area contributed by atoms with Crippen LogP contribution in [0.4, 0.5) is 0 Å². The molecule has 0 aliphatic heterocycles. The number of benzene rings is 2. The van der Waals surface area contributed by atoms with Crippen LogP contribution in [-0.2, 0) is 6.42 Å². The third-order valence-electron chi connectivity index (χ3n) is 4.29. The zero-order valence-corrected chi connectivity index (χ0v) is 15.3. The zero-order chi connectivity index (χ0) is 19.1. The number of carbonyl (C=O) groups is 1. The first kappa shape index (κ1) is 17.5. The third-order valence-corrected chi connectivity index (χ3v) is 4.80. The Hall–Kier alpha value is -2.96. The van der Waals surface area contributed by atoms with Crippen molar-refractivity contribution in [3.05, 3.63) is 85.9 Å². The van der Waals surface area contributed by atoms with Crippen LogP contribution in [-0.4, -0.2) is 25.8 Å². The van der Waals surface area contributed by atoms with E-state index in [-0.39, 0.29) is 17.7 Å². The molecule has 136 valence electrons. The summed E-state index contributed by atoms with van der Waals surface area (Å²) in [6.45, 7) is 0. The summed E-state index contributed by atoms with van der Waals surface area (Å²) < 4.78 is 1.41. The summed E-state index contributed by atoms with van der Waals surface area (Å²) in [4.78, 5) is 26.9. The number of aromatic carboxylic acids is 1. The maximum atomic E-state index is 12.3. The highest BCUT2D eigenvalue weighted by molar-refractivity contribution is 6.39. The number of hydrogen-bond acceptors (Lipinski definition) is 2. The van der Waals surface area contributed by atoms with Crippen LogP contribution in [0.5, 0.6) is 0 Å². The summed E-state index contributed by atoms with van der Waals surface area (Å²) in [7, 11) is 0. The number of nitrogens with zero attached hydrogens (tertiary/aromatic N) is 1. The number of carboxylic acids is 1. The minimum Gasteiger partial charge on any atom is -0.477 e. The minimum absolute atomic E-state index is 0.0162. The van der Waals surface area contributed by atoms with Crippen molar-refractivity contribution in [3.63, 3.8) is 0 Å². The molecule has 0 spiro atoms. The predicted octanol–water partition coefficient (Wildman–Crippen LogP) is 4.24. The normalized spacial score (nSPS) is 11.2. The average Bonchev–Trinajstić information content (AvgIpc) is 3.16. The van der Waals surface area contributed by atoms with Gasteiger partial charge in [0.15, 0.2) is 0 Å². The van der Waals surface area contributed by atoms with Crippen LogP contribution >= 0.6 is 23.2 Å². The van der Waals surface area contributed by atoms with Crippen molar-refractivity contribution in [1.29, 1.82) is 0 Å². The molecule has 2 heterocycles. The quantitative estimate of drug-likeness (QED) is 0.477. The Morgan fingerprint density at radius 3 is 2.56 bits per heavy atom. The summed E-state index contributed by atoms with van der Waals surface area (Å²) in [5.74, 6) is -1.11. The van der Waals surface area contributed by atoms with Crippen molar-refractivity contribution in [1.82, 2.24) is 14.8 Å². The minimum atomic E-state index is -1.11. The van der Waals surface area contributed by atoms with Gasteiger partial charge >= 0.3 is 5.97 Å². The Balaban J connectivity index is 1.84. The van der Waals surface area contributed by atoms with E-state index < -0.39 is 5.97 Å². The molecule has 0 aliphatic rings. The number of nitrogens with one attached hydrogen (secondary N) is 2. The summed E-state index contributed by atoms with van der Waals surface area (Å²) in [6, 6.07) is 13.7. The van der Waals surface area contributed by atoms with E-state index in [1.165, 1.54) is 10.7 Å². The number of aromatic nitrogens is 3. The van der Waals surface area contributed by atoms with Crippen LogP contribution in [0.3, 0.4) is 0 Å². The first-order valence-electron chi connectivity index (χ1n) is 8.03. The molecule has 0 atom stereocenters. The monoisotopic (exact) mass is 401 g/mol. The lowest BCUT2D eigenvalue weighted by Crippen LogP contribution is -2.13. The Kier molecular flexibility index (Phi) is 4.30. The van der Waals surface area contributed by atoms with Crippen molar-refractivity contribution in [2.24, 2.45) is 0 Å². The smallest absolute Gasteiger partial charge is 0.352 e. The fraction of sp³-hybridized carbons (Fsp3) is 0.0526. The fourth-order valence-electron chi connectivity index (χ4n) is 3.17. The van der Waals surface area contributed by atoms with Crippen LogP contribution in [0.25, 0.3) is 16.6 Å². The van der Waals surface area contributed by atoms with Gasteiger partial charge in [-0.25, -0.2) is 9.48 Å². The number of carboxylic acid groups (broad SMARTS) is 1. The van der Waals surface area contributed by atoms with Crippen molar-refractivity contribution in [2.75, 3.05) is 0 Å². The van der Waals surface area contributed by atoms with Crippen LogP contribution in [0, 0.1) is 0 Å². The molecule has 27 heavy (non-hydrogen) atoms. The van der Waals surface area contributed by atoms with Gasteiger partial charge in [0, 0.05) is 34.1 Å². The molecule has 0 fully saturated rings. The largest absolute Gasteiger partial charge is 0.477 e. The number of H-pyrrole nitrogens is 2. The van der Waals surface area contributed by atoms with Gasteiger partial charge in [-0.2, -0.15) is 0 Å². The fourth-order valence-corrected chi connectivity index (χ4v) is 3.78. The third kappa shape index (κ3) is 3.13. The van der Waals surface area contributed by atoms with Gasteiger partial charge in [-0.05, 0) is 29.8 Å². The summed E-state index contributed by atoms with van der Waals surface area (Å²) in [5.41, 5.74) is 2.06. The molecule has 0 bridgehead atoms. The van der Waals surface area contributed by atoms with Crippen LogP contribution in [0.1, 0.15) is 21.7 Å². The Morgan fingerprint density at radius 1 is 1.11 bits per heavy atom. The summed E-state index contributed by atoms with van der Waals surface area (Å²) >= 11 is 12.3. The lowest BCUT2D eigenvalue weighted by molar-refractivity contribution is 0.0690. The number of para-hydroxylation sites is 1. The molecule has 0 unspecified atom stereocenters. The van der Waals surface area contributed by atoms with Gasteiger partial charge in [-0.1, -0.05) is 41.4 Å². The van der Waals surface area contributed by atoms with Gasteiger partial charge in [0.05, 0.1) is 10.7 Å². The van der Waals surface area contributed by atoms with E-state index in [1.807, 2.05) is 18.2 Å². The molecule has 0 saturated heterocycles. The highest BCUT2D eigenvalue weighted by Crippen LogP contribution is 2.33. The maximum absolute atomic E-state index is 12.3. The molecule has 0 amide bonds. The van der Waals surface area contributed by atoms with E-state index in [4.69, 9.17) is 23.2 Å². The molecular formula is C19H13Cl2N3O3. The molecular weight excluding hydrogens is 389 g/mol. The Labute approximate surface area is 162 Å².